The van der Waals surface area contributed by atoms with Crippen molar-refractivity contribution in [3.8, 4) is 0 Å². The molecule has 0 unspecified atom stereocenters. The van der Waals surface area contributed by atoms with Crippen LogP contribution in [-0.2, 0) is 16.6 Å². The van der Waals surface area contributed by atoms with Crippen molar-refractivity contribution in [1.29, 1.82) is 0 Å². The Morgan fingerprint density at radius 1 is 0.875 bits per heavy atom. The quantitative estimate of drug-likeness (QED) is 0.441. The molecule has 32 heavy (non-hydrogen) atoms. The number of nitrogens with zero attached hydrogens (tertiary/aromatic N) is 1. The van der Waals surface area contributed by atoms with E-state index in [1.54, 1.807) is 36.4 Å². The number of halogens is 1. The molecule has 0 aliphatic heterocycles. The van der Waals surface area contributed by atoms with Crippen LogP contribution in [0.25, 0.3) is 10.8 Å². The van der Waals surface area contributed by atoms with Crippen molar-refractivity contribution < 1.29 is 17.6 Å². The number of fused-ring (bicyclic) bond motifs is 1. The monoisotopic (exact) mass is 448 g/mol. The SMILES string of the molecule is CS(=O)(=O)N(Cc1ccc(F)cc1)c1ccc(C(=O)Nc2cccc3ccccc23)cc1. The Morgan fingerprint density at radius 3 is 2.22 bits per heavy atom. The van der Waals surface area contributed by atoms with Crippen LogP contribution in [0, 0.1) is 5.82 Å². The molecule has 5 nitrogen and oxygen atoms in total. The Labute approximate surface area is 186 Å². The number of hydrogen-bond acceptors (Lipinski definition) is 3. The average Bonchev–Trinajstić information content (AvgIpc) is 2.78. The number of nitrogens with one attached hydrogen (secondary N) is 1. The van der Waals surface area contributed by atoms with Crippen molar-refractivity contribution in [3.05, 3.63) is 108 Å². The highest BCUT2D eigenvalue weighted by molar-refractivity contribution is 7.92. The number of benzene rings is 4. The first-order chi connectivity index (χ1) is 15.3. The average molecular weight is 449 g/mol. The van der Waals surface area contributed by atoms with Crippen molar-refractivity contribution in [2.24, 2.45) is 0 Å². The third kappa shape index (κ3) is 4.78. The molecule has 162 valence electrons. The molecule has 4 rings (SSSR count). The summed E-state index contributed by atoms with van der Waals surface area (Å²) in [5, 5.41) is 4.87. The van der Waals surface area contributed by atoms with E-state index < -0.39 is 10.0 Å². The number of carbonyl (C=O) groups excluding carboxylic acids is 1. The Balaban J connectivity index is 1.56. The number of rotatable bonds is 6. The molecule has 0 bridgehead atoms. The van der Waals surface area contributed by atoms with Gasteiger partial charge in [-0.2, -0.15) is 0 Å². The highest BCUT2D eigenvalue weighted by atomic mass is 32.2. The van der Waals surface area contributed by atoms with Gasteiger partial charge in [0.15, 0.2) is 0 Å². The van der Waals surface area contributed by atoms with Crippen molar-refractivity contribution in [2.75, 3.05) is 15.9 Å². The first-order valence-electron chi connectivity index (χ1n) is 9.92. The van der Waals surface area contributed by atoms with Crippen LogP contribution in [0.2, 0.25) is 0 Å². The highest BCUT2D eigenvalue weighted by Gasteiger charge is 2.19. The maximum Gasteiger partial charge on any atom is 0.255 e. The maximum atomic E-state index is 13.2. The number of sulfonamides is 1. The van der Waals surface area contributed by atoms with Gasteiger partial charge >= 0.3 is 0 Å². The number of carbonyl (C=O) groups is 1. The van der Waals surface area contributed by atoms with Gasteiger partial charge in [0.2, 0.25) is 10.0 Å². The predicted molar refractivity (Wildman–Crippen MR) is 126 cm³/mol. The van der Waals surface area contributed by atoms with Crippen LogP contribution < -0.4 is 9.62 Å². The minimum absolute atomic E-state index is 0.0562. The molecule has 7 heteroatoms. The van der Waals surface area contributed by atoms with Gasteiger partial charge in [0.1, 0.15) is 5.82 Å². The van der Waals surface area contributed by atoms with Gasteiger partial charge in [0.25, 0.3) is 5.91 Å². The minimum atomic E-state index is -3.59. The zero-order chi connectivity index (χ0) is 22.7. The topological polar surface area (TPSA) is 66.5 Å². The van der Waals surface area contributed by atoms with E-state index in [9.17, 15) is 17.6 Å². The molecular weight excluding hydrogens is 427 g/mol. The molecule has 0 saturated heterocycles. The van der Waals surface area contributed by atoms with E-state index in [0.717, 1.165) is 17.0 Å². The van der Waals surface area contributed by atoms with E-state index in [1.807, 2.05) is 42.5 Å². The number of amides is 1. The Morgan fingerprint density at radius 2 is 1.53 bits per heavy atom. The fraction of sp³-hybridized carbons (Fsp3) is 0.0800. The van der Waals surface area contributed by atoms with Gasteiger partial charge in [-0.1, -0.05) is 48.5 Å². The molecule has 0 fully saturated rings. The molecule has 0 aliphatic rings. The normalized spacial score (nSPS) is 11.3. The molecule has 1 amide bonds. The lowest BCUT2D eigenvalue weighted by Gasteiger charge is -2.22. The predicted octanol–water partition coefficient (Wildman–Crippen LogP) is 5.20. The molecular formula is C25H21FN2O3S. The van der Waals surface area contributed by atoms with Crippen LogP contribution in [0.3, 0.4) is 0 Å². The lowest BCUT2D eigenvalue weighted by molar-refractivity contribution is 0.102. The second-order valence-electron chi connectivity index (χ2n) is 7.42. The van der Waals surface area contributed by atoms with Gasteiger partial charge in [-0.15, -0.1) is 0 Å². The molecule has 1 N–H and O–H groups in total. The maximum absolute atomic E-state index is 13.2. The van der Waals surface area contributed by atoms with Gasteiger partial charge in [0.05, 0.1) is 18.5 Å². The van der Waals surface area contributed by atoms with Crippen LogP contribution in [0.15, 0.2) is 91.0 Å². The summed E-state index contributed by atoms with van der Waals surface area (Å²) in [6.45, 7) is 0.0562. The molecule has 0 spiro atoms. The summed E-state index contributed by atoms with van der Waals surface area (Å²) in [4.78, 5) is 12.8. The molecule has 0 radical (unpaired) electrons. The first kappa shape index (κ1) is 21.5. The van der Waals surface area contributed by atoms with Crippen molar-refractivity contribution in [1.82, 2.24) is 0 Å². The fourth-order valence-electron chi connectivity index (χ4n) is 3.46. The largest absolute Gasteiger partial charge is 0.321 e. The number of anilines is 2. The van der Waals surface area contributed by atoms with Gasteiger partial charge in [0, 0.05) is 16.6 Å². The zero-order valence-corrected chi connectivity index (χ0v) is 18.1. The molecule has 0 atom stereocenters. The third-order valence-corrected chi connectivity index (χ3v) is 6.24. The first-order valence-corrected chi connectivity index (χ1v) is 11.8. The van der Waals surface area contributed by atoms with E-state index >= 15 is 0 Å². The molecule has 0 saturated carbocycles. The van der Waals surface area contributed by atoms with Crippen LogP contribution in [0.4, 0.5) is 15.8 Å². The number of hydrogen-bond donors (Lipinski definition) is 1. The minimum Gasteiger partial charge on any atom is -0.321 e. The van der Waals surface area contributed by atoms with Crippen molar-refractivity contribution in [2.45, 2.75) is 6.54 Å². The van der Waals surface area contributed by atoms with Gasteiger partial charge in [-0.3, -0.25) is 9.10 Å². The standard InChI is InChI=1S/C25H21FN2O3S/c1-32(30,31)28(17-18-9-13-21(26)14-10-18)22-15-11-20(12-16-22)25(29)27-24-8-4-6-19-5-2-3-7-23(19)24/h2-16H,17H2,1H3,(H,27,29). The molecule has 0 aromatic heterocycles. The van der Waals surface area contributed by atoms with Crippen molar-refractivity contribution >= 4 is 38.1 Å². The summed E-state index contributed by atoms with van der Waals surface area (Å²) in [5.41, 5.74) is 2.16. The van der Waals surface area contributed by atoms with Crippen LogP contribution in [0.1, 0.15) is 15.9 Å². The van der Waals surface area contributed by atoms with Crippen LogP contribution in [-0.4, -0.2) is 20.6 Å². The summed E-state index contributed by atoms with van der Waals surface area (Å²) in [5.74, 6) is -0.682. The summed E-state index contributed by atoms with van der Waals surface area (Å²) < 4.78 is 39.1. The molecule has 4 aromatic rings. The second-order valence-corrected chi connectivity index (χ2v) is 9.33. The van der Waals surface area contributed by atoms with Crippen LogP contribution >= 0.6 is 0 Å². The Bertz CT molecular complexity index is 1360. The Kier molecular flexibility index (Phi) is 5.92. The van der Waals surface area contributed by atoms with E-state index in [1.165, 1.54) is 16.4 Å². The summed E-state index contributed by atoms with van der Waals surface area (Å²) in [6.07, 6.45) is 1.11. The van der Waals surface area contributed by atoms with Crippen LogP contribution in [0.5, 0.6) is 0 Å². The van der Waals surface area contributed by atoms with E-state index in [4.69, 9.17) is 0 Å². The summed E-state index contributed by atoms with van der Waals surface area (Å²) >= 11 is 0. The highest BCUT2D eigenvalue weighted by Crippen LogP contribution is 2.25. The lowest BCUT2D eigenvalue weighted by Crippen LogP contribution is -2.29. The third-order valence-electron chi connectivity index (χ3n) is 5.10. The smallest absolute Gasteiger partial charge is 0.255 e. The van der Waals surface area contributed by atoms with E-state index in [-0.39, 0.29) is 18.3 Å². The Hall–Kier alpha value is -3.71. The molecule has 4 aromatic carbocycles. The van der Waals surface area contributed by atoms with Crippen molar-refractivity contribution in [3.63, 3.8) is 0 Å². The van der Waals surface area contributed by atoms with E-state index in [2.05, 4.69) is 5.32 Å². The van der Waals surface area contributed by atoms with Gasteiger partial charge in [-0.25, -0.2) is 12.8 Å². The lowest BCUT2D eigenvalue weighted by atomic mass is 10.1. The molecule has 0 heterocycles. The van der Waals surface area contributed by atoms with Gasteiger partial charge in [-0.05, 0) is 53.4 Å². The zero-order valence-electron chi connectivity index (χ0n) is 17.3. The summed E-state index contributed by atoms with van der Waals surface area (Å²) in [7, 11) is -3.59. The second kappa shape index (κ2) is 8.80. The van der Waals surface area contributed by atoms with E-state index in [0.29, 0.717) is 22.5 Å². The fourth-order valence-corrected chi connectivity index (χ4v) is 4.35. The van der Waals surface area contributed by atoms with Gasteiger partial charge < -0.3 is 5.32 Å². The molecule has 0 aliphatic carbocycles. The summed E-state index contributed by atoms with van der Waals surface area (Å²) in [6, 6.07) is 25.4.